The molecule has 0 saturated carbocycles. The van der Waals surface area contributed by atoms with Crippen LogP contribution in [0.4, 0.5) is 5.69 Å². The van der Waals surface area contributed by atoms with E-state index < -0.39 is 0 Å². The van der Waals surface area contributed by atoms with Crippen LogP contribution in [0.25, 0.3) is 0 Å². The Labute approximate surface area is 136 Å². The van der Waals surface area contributed by atoms with E-state index >= 15 is 0 Å². The molecular weight excluding hydrogens is 368 g/mol. The highest BCUT2D eigenvalue weighted by atomic mass is 79.9. The quantitative estimate of drug-likeness (QED) is 0.615. The third kappa shape index (κ3) is 3.79. The molecule has 0 heterocycles. The van der Waals surface area contributed by atoms with Gasteiger partial charge in [0.15, 0.2) is 0 Å². The second-order valence-electron chi connectivity index (χ2n) is 4.18. The van der Waals surface area contributed by atoms with Crippen molar-refractivity contribution >= 4 is 56.4 Å². The zero-order valence-electron chi connectivity index (χ0n) is 10.1. The number of hydrogen-bond donors (Lipinski definition) is 1. The summed E-state index contributed by atoms with van der Waals surface area (Å²) in [6, 6.07) is 9.57. The van der Waals surface area contributed by atoms with Crippen LogP contribution in [0.1, 0.15) is 11.1 Å². The lowest BCUT2D eigenvalue weighted by Crippen LogP contribution is -2.00. The fraction of sp³-hybridized carbons (Fsp3) is 0.143. The highest BCUT2D eigenvalue weighted by Crippen LogP contribution is 2.32. The van der Waals surface area contributed by atoms with E-state index in [1.165, 1.54) is 11.1 Å². The molecule has 1 N–H and O–H groups in total. The molecule has 100 valence electrons. The highest BCUT2D eigenvalue weighted by Gasteiger charge is 2.06. The van der Waals surface area contributed by atoms with Crippen molar-refractivity contribution < 1.29 is 0 Å². The van der Waals surface area contributed by atoms with Gasteiger partial charge in [-0.25, -0.2) is 0 Å². The van der Waals surface area contributed by atoms with Gasteiger partial charge in [-0.2, -0.15) is 0 Å². The van der Waals surface area contributed by atoms with Gasteiger partial charge in [-0.05, 0) is 36.2 Å². The van der Waals surface area contributed by atoms with Crippen LogP contribution in [-0.2, 0) is 6.54 Å². The number of halogens is 4. The first kappa shape index (κ1) is 15.0. The molecule has 0 radical (unpaired) electrons. The van der Waals surface area contributed by atoms with Gasteiger partial charge in [-0.3, -0.25) is 0 Å². The van der Waals surface area contributed by atoms with Crippen LogP contribution in [0, 0.1) is 6.92 Å². The lowest BCUT2D eigenvalue weighted by Gasteiger charge is -2.11. The molecule has 2 rings (SSSR count). The zero-order valence-corrected chi connectivity index (χ0v) is 14.0. The number of rotatable bonds is 3. The molecule has 0 unspecified atom stereocenters. The predicted molar refractivity (Wildman–Crippen MR) is 87.7 cm³/mol. The Hall–Kier alpha value is -0.410. The summed E-state index contributed by atoms with van der Waals surface area (Å²) in [6.07, 6.45) is 0. The van der Waals surface area contributed by atoms with Crippen molar-refractivity contribution in [3.8, 4) is 0 Å². The van der Waals surface area contributed by atoms with Crippen molar-refractivity contribution in [2.75, 3.05) is 5.32 Å². The molecule has 2 aromatic carbocycles. The van der Waals surface area contributed by atoms with Gasteiger partial charge in [-0.1, -0.05) is 62.9 Å². The normalized spacial score (nSPS) is 10.6. The molecule has 0 atom stereocenters. The average molecular weight is 380 g/mol. The lowest BCUT2D eigenvalue weighted by molar-refractivity contribution is 1.14. The largest absolute Gasteiger partial charge is 0.380 e. The molecule has 1 nitrogen and oxygen atoms in total. The maximum atomic E-state index is 6.11. The van der Waals surface area contributed by atoms with Crippen molar-refractivity contribution in [1.29, 1.82) is 0 Å². The third-order valence-electron chi connectivity index (χ3n) is 2.72. The molecule has 0 aliphatic carbocycles. The first-order chi connectivity index (χ1) is 8.97. The van der Waals surface area contributed by atoms with Crippen molar-refractivity contribution in [2.24, 2.45) is 0 Å². The van der Waals surface area contributed by atoms with Crippen molar-refractivity contribution in [2.45, 2.75) is 13.5 Å². The number of anilines is 1. The first-order valence-corrected chi connectivity index (χ1v) is 7.53. The number of aryl methyl sites for hydroxylation is 1. The van der Waals surface area contributed by atoms with E-state index in [9.17, 15) is 0 Å². The Morgan fingerprint density at radius 1 is 1.00 bits per heavy atom. The summed E-state index contributed by atoms with van der Waals surface area (Å²) >= 11 is 21.5. The van der Waals surface area contributed by atoms with Gasteiger partial charge in [0.25, 0.3) is 0 Å². The Kier molecular flexibility index (Phi) is 5.02. The Bertz CT molecular complexity index is 614. The summed E-state index contributed by atoms with van der Waals surface area (Å²) in [7, 11) is 0. The SMILES string of the molecule is Cc1cc(CNc2cc(Cl)c(Cl)cc2Cl)ccc1Br. The molecule has 5 heteroatoms. The summed E-state index contributed by atoms with van der Waals surface area (Å²) in [6.45, 7) is 2.73. The third-order valence-corrected chi connectivity index (χ3v) is 4.64. The lowest BCUT2D eigenvalue weighted by atomic mass is 10.1. The van der Waals surface area contributed by atoms with Gasteiger partial charge in [-0.15, -0.1) is 0 Å². The fourth-order valence-electron chi connectivity index (χ4n) is 1.67. The highest BCUT2D eigenvalue weighted by molar-refractivity contribution is 9.10. The maximum Gasteiger partial charge on any atom is 0.0653 e. The molecule has 0 bridgehead atoms. The maximum absolute atomic E-state index is 6.11. The fourth-order valence-corrected chi connectivity index (χ4v) is 2.53. The van der Waals surface area contributed by atoms with Crippen LogP contribution in [0.2, 0.25) is 15.1 Å². The van der Waals surface area contributed by atoms with Gasteiger partial charge < -0.3 is 5.32 Å². The van der Waals surface area contributed by atoms with Gasteiger partial charge in [0, 0.05) is 11.0 Å². The zero-order chi connectivity index (χ0) is 14.0. The second-order valence-corrected chi connectivity index (χ2v) is 6.26. The van der Waals surface area contributed by atoms with E-state index in [2.05, 4.69) is 40.3 Å². The van der Waals surface area contributed by atoms with E-state index in [1.807, 2.05) is 6.07 Å². The van der Waals surface area contributed by atoms with Crippen LogP contribution in [0.5, 0.6) is 0 Å². The molecule has 0 aliphatic rings. The minimum Gasteiger partial charge on any atom is -0.380 e. The van der Waals surface area contributed by atoms with Crippen LogP contribution < -0.4 is 5.32 Å². The van der Waals surface area contributed by atoms with Crippen LogP contribution in [0.15, 0.2) is 34.8 Å². The smallest absolute Gasteiger partial charge is 0.0653 e. The molecule has 0 amide bonds. The molecule has 0 fully saturated rings. The Morgan fingerprint density at radius 2 is 1.68 bits per heavy atom. The predicted octanol–water partition coefficient (Wildman–Crippen LogP) is 6.33. The molecule has 19 heavy (non-hydrogen) atoms. The monoisotopic (exact) mass is 377 g/mol. The number of hydrogen-bond acceptors (Lipinski definition) is 1. The first-order valence-electron chi connectivity index (χ1n) is 5.61. The van der Waals surface area contributed by atoms with Gasteiger partial charge in [0.05, 0.1) is 20.8 Å². The summed E-state index contributed by atoms with van der Waals surface area (Å²) in [5.41, 5.74) is 3.14. The van der Waals surface area contributed by atoms with E-state index in [0.29, 0.717) is 21.6 Å². The van der Waals surface area contributed by atoms with E-state index in [4.69, 9.17) is 34.8 Å². The van der Waals surface area contributed by atoms with Gasteiger partial charge in [0.1, 0.15) is 0 Å². The van der Waals surface area contributed by atoms with Crippen LogP contribution >= 0.6 is 50.7 Å². The summed E-state index contributed by atoms with van der Waals surface area (Å²) in [5, 5.41) is 4.75. The molecule has 0 spiro atoms. The average Bonchev–Trinajstić information content (AvgIpc) is 2.36. The number of benzene rings is 2. The molecular formula is C14H11BrCl3N. The van der Waals surface area contributed by atoms with Crippen molar-refractivity contribution in [1.82, 2.24) is 0 Å². The Balaban J connectivity index is 2.14. The van der Waals surface area contributed by atoms with Crippen LogP contribution in [-0.4, -0.2) is 0 Å². The minimum atomic E-state index is 0.455. The summed E-state index contributed by atoms with van der Waals surface area (Å²) in [4.78, 5) is 0. The molecule has 0 saturated heterocycles. The van der Waals surface area contributed by atoms with E-state index in [-0.39, 0.29) is 0 Å². The molecule has 0 aromatic heterocycles. The molecule has 2 aromatic rings. The van der Waals surface area contributed by atoms with Gasteiger partial charge >= 0.3 is 0 Å². The van der Waals surface area contributed by atoms with Crippen LogP contribution in [0.3, 0.4) is 0 Å². The number of nitrogens with one attached hydrogen (secondary N) is 1. The van der Waals surface area contributed by atoms with Crippen molar-refractivity contribution in [3.05, 3.63) is 61.0 Å². The van der Waals surface area contributed by atoms with E-state index in [1.54, 1.807) is 12.1 Å². The Morgan fingerprint density at radius 3 is 2.37 bits per heavy atom. The molecule has 0 aliphatic heterocycles. The topological polar surface area (TPSA) is 12.0 Å². The van der Waals surface area contributed by atoms with Crippen molar-refractivity contribution in [3.63, 3.8) is 0 Å². The summed E-state index contributed by atoms with van der Waals surface area (Å²) < 4.78 is 1.10. The van der Waals surface area contributed by atoms with E-state index in [0.717, 1.165) is 10.2 Å². The second kappa shape index (κ2) is 6.36. The van der Waals surface area contributed by atoms with Gasteiger partial charge in [0.2, 0.25) is 0 Å². The minimum absolute atomic E-state index is 0.455. The summed E-state index contributed by atoms with van der Waals surface area (Å²) in [5.74, 6) is 0. The standard InChI is InChI=1S/C14H11BrCl3N/c1-8-4-9(2-3-10(8)15)7-19-14-6-12(17)11(16)5-13(14)18/h2-6,19H,7H2,1H3.